The van der Waals surface area contributed by atoms with Gasteiger partial charge in [0.25, 0.3) is 10.0 Å². The van der Waals surface area contributed by atoms with E-state index in [0.717, 1.165) is 22.3 Å². The highest BCUT2D eigenvalue weighted by Gasteiger charge is 2.18. The highest BCUT2D eigenvalue weighted by Crippen LogP contribution is 2.25. The standard InChI is InChI=1S/C13H11BrN2O4S/c1-8-10(14)3-2-4-11(8)16-21(19,20)12-6-5-9(7-15-12)13(17)18/h2-7,16H,1H3,(H,17,18). The molecule has 0 aliphatic rings. The first-order valence-electron chi connectivity index (χ1n) is 5.78. The number of aromatic nitrogens is 1. The van der Waals surface area contributed by atoms with Gasteiger partial charge in [-0.2, -0.15) is 8.42 Å². The lowest BCUT2D eigenvalue weighted by atomic mass is 10.2. The van der Waals surface area contributed by atoms with Crippen molar-refractivity contribution in [3.05, 3.63) is 52.1 Å². The molecule has 2 N–H and O–H groups in total. The third-order valence-electron chi connectivity index (χ3n) is 2.77. The van der Waals surface area contributed by atoms with Crippen LogP contribution in [0.15, 0.2) is 46.0 Å². The average molecular weight is 371 g/mol. The number of carboxylic acids is 1. The van der Waals surface area contributed by atoms with Crippen LogP contribution in [0, 0.1) is 6.92 Å². The molecule has 0 fully saturated rings. The van der Waals surface area contributed by atoms with Crippen molar-refractivity contribution in [3.8, 4) is 0 Å². The molecular formula is C13H11BrN2O4S. The second-order valence-corrected chi connectivity index (χ2v) is 6.69. The number of rotatable bonds is 4. The monoisotopic (exact) mass is 370 g/mol. The molecule has 0 unspecified atom stereocenters. The van der Waals surface area contributed by atoms with Crippen LogP contribution in [-0.4, -0.2) is 24.5 Å². The molecule has 8 heteroatoms. The van der Waals surface area contributed by atoms with Gasteiger partial charge in [0.2, 0.25) is 0 Å². The number of benzene rings is 1. The first-order valence-corrected chi connectivity index (χ1v) is 8.06. The Bertz CT molecular complexity index is 788. The number of aromatic carboxylic acids is 1. The number of hydrogen-bond donors (Lipinski definition) is 2. The minimum Gasteiger partial charge on any atom is -0.478 e. The normalized spacial score (nSPS) is 11.1. The van der Waals surface area contributed by atoms with Gasteiger partial charge in [0.1, 0.15) is 0 Å². The lowest BCUT2D eigenvalue weighted by molar-refractivity contribution is 0.0696. The van der Waals surface area contributed by atoms with Crippen LogP contribution in [0.2, 0.25) is 0 Å². The summed E-state index contributed by atoms with van der Waals surface area (Å²) in [6.07, 6.45) is 1.00. The first kappa shape index (κ1) is 15.5. The summed E-state index contributed by atoms with van der Waals surface area (Å²) in [5.41, 5.74) is 1.09. The van der Waals surface area contributed by atoms with Crippen LogP contribution in [0.3, 0.4) is 0 Å². The molecule has 1 aromatic carbocycles. The third-order valence-corrected chi connectivity index (χ3v) is 4.91. The summed E-state index contributed by atoms with van der Waals surface area (Å²) in [5.74, 6) is -1.16. The summed E-state index contributed by atoms with van der Waals surface area (Å²) < 4.78 is 27.6. The fraction of sp³-hybridized carbons (Fsp3) is 0.0769. The Balaban J connectivity index is 2.34. The van der Waals surface area contributed by atoms with E-state index >= 15 is 0 Å². The SMILES string of the molecule is Cc1c(Br)cccc1NS(=O)(=O)c1ccc(C(=O)O)cn1. The van der Waals surface area contributed by atoms with Gasteiger partial charge in [0.15, 0.2) is 5.03 Å². The van der Waals surface area contributed by atoms with E-state index in [0.29, 0.717) is 5.69 Å². The van der Waals surface area contributed by atoms with Crippen molar-refractivity contribution in [2.24, 2.45) is 0 Å². The van der Waals surface area contributed by atoms with Gasteiger partial charge in [-0.25, -0.2) is 9.78 Å². The Morgan fingerprint density at radius 2 is 2.00 bits per heavy atom. The zero-order valence-electron chi connectivity index (χ0n) is 10.9. The number of hydrogen-bond acceptors (Lipinski definition) is 4. The van der Waals surface area contributed by atoms with Gasteiger partial charge in [-0.3, -0.25) is 4.72 Å². The van der Waals surface area contributed by atoms with E-state index in [-0.39, 0.29) is 10.6 Å². The average Bonchev–Trinajstić information content (AvgIpc) is 2.44. The maximum atomic E-state index is 12.2. The van der Waals surface area contributed by atoms with Crippen molar-refractivity contribution in [1.29, 1.82) is 0 Å². The lowest BCUT2D eigenvalue weighted by Gasteiger charge is -2.11. The molecule has 6 nitrogen and oxygen atoms in total. The Hall–Kier alpha value is -1.93. The molecule has 1 aromatic heterocycles. The van der Waals surface area contributed by atoms with Crippen molar-refractivity contribution in [2.75, 3.05) is 4.72 Å². The molecule has 0 bridgehead atoms. The summed E-state index contributed by atoms with van der Waals surface area (Å²) in [4.78, 5) is 14.4. The second kappa shape index (κ2) is 5.82. The molecule has 0 aliphatic carbocycles. The summed E-state index contributed by atoms with van der Waals surface area (Å²) in [6, 6.07) is 7.48. The minimum absolute atomic E-state index is 0.0763. The number of carboxylic acid groups (broad SMARTS) is 1. The highest BCUT2D eigenvalue weighted by molar-refractivity contribution is 9.10. The molecule has 0 radical (unpaired) electrons. The van der Waals surface area contributed by atoms with Crippen molar-refractivity contribution in [1.82, 2.24) is 4.98 Å². The van der Waals surface area contributed by atoms with E-state index in [9.17, 15) is 13.2 Å². The van der Waals surface area contributed by atoms with Crippen molar-refractivity contribution >= 4 is 37.6 Å². The van der Waals surface area contributed by atoms with Crippen molar-refractivity contribution in [3.63, 3.8) is 0 Å². The van der Waals surface area contributed by atoms with E-state index in [1.165, 1.54) is 6.07 Å². The second-order valence-electron chi connectivity index (χ2n) is 4.21. The molecule has 2 rings (SSSR count). The Morgan fingerprint density at radius 1 is 1.29 bits per heavy atom. The predicted octanol–water partition coefficient (Wildman–Crippen LogP) is 2.65. The van der Waals surface area contributed by atoms with Crippen LogP contribution >= 0.6 is 15.9 Å². The van der Waals surface area contributed by atoms with E-state index in [4.69, 9.17) is 5.11 Å². The number of pyridine rings is 1. The summed E-state index contributed by atoms with van der Waals surface area (Å²) in [6.45, 7) is 1.77. The zero-order valence-corrected chi connectivity index (χ0v) is 13.3. The maximum Gasteiger partial charge on any atom is 0.337 e. The summed E-state index contributed by atoms with van der Waals surface area (Å²) >= 11 is 3.32. The van der Waals surface area contributed by atoms with Crippen LogP contribution in [0.4, 0.5) is 5.69 Å². The maximum absolute atomic E-state index is 12.2. The van der Waals surface area contributed by atoms with Gasteiger partial charge in [-0.1, -0.05) is 22.0 Å². The fourth-order valence-electron chi connectivity index (χ4n) is 1.58. The molecular weight excluding hydrogens is 360 g/mol. The smallest absolute Gasteiger partial charge is 0.337 e. The predicted molar refractivity (Wildman–Crippen MR) is 80.9 cm³/mol. The quantitative estimate of drug-likeness (QED) is 0.862. The largest absolute Gasteiger partial charge is 0.478 e. The number of nitrogens with zero attached hydrogens (tertiary/aromatic N) is 1. The van der Waals surface area contributed by atoms with E-state index in [2.05, 4.69) is 25.6 Å². The number of carbonyl (C=O) groups is 1. The van der Waals surface area contributed by atoms with Crippen LogP contribution in [0.1, 0.15) is 15.9 Å². The Labute approximate surface area is 130 Å². The highest BCUT2D eigenvalue weighted by atomic mass is 79.9. The molecule has 0 aliphatic heterocycles. The van der Waals surface area contributed by atoms with Gasteiger partial charge in [-0.05, 0) is 36.8 Å². The van der Waals surface area contributed by atoms with Gasteiger partial charge >= 0.3 is 5.97 Å². The summed E-state index contributed by atoms with van der Waals surface area (Å²) in [7, 11) is -3.87. The number of anilines is 1. The van der Waals surface area contributed by atoms with Crippen LogP contribution in [0.5, 0.6) is 0 Å². The van der Waals surface area contributed by atoms with Gasteiger partial charge in [-0.15, -0.1) is 0 Å². The summed E-state index contributed by atoms with van der Waals surface area (Å²) in [5, 5.41) is 8.53. The number of nitrogens with one attached hydrogen (secondary N) is 1. The van der Waals surface area contributed by atoms with Crippen LogP contribution < -0.4 is 4.72 Å². The van der Waals surface area contributed by atoms with E-state index < -0.39 is 16.0 Å². The zero-order chi connectivity index (χ0) is 15.6. The molecule has 0 saturated carbocycles. The number of halogens is 1. The fourth-order valence-corrected chi connectivity index (χ4v) is 3.00. The van der Waals surface area contributed by atoms with Gasteiger partial charge in [0, 0.05) is 10.7 Å². The molecule has 110 valence electrons. The first-order chi connectivity index (χ1) is 9.81. The van der Waals surface area contributed by atoms with Crippen molar-refractivity contribution < 1.29 is 18.3 Å². The molecule has 2 aromatic rings. The molecule has 0 atom stereocenters. The lowest BCUT2D eigenvalue weighted by Crippen LogP contribution is -2.15. The molecule has 0 saturated heterocycles. The van der Waals surface area contributed by atoms with Gasteiger partial charge < -0.3 is 5.11 Å². The van der Waals surface area contributed by atoms with Crippen LogP contribution in [0.25, 0.3) is 0 Å². The Morgan fingerprint density at radius 3 is 2.57 bits per heavy atom. The topological polar surface area (TPSA) is 96.4 Å². The molecule has 21 heavy (non-hydrogen) atoms. The van der Waals surface area contributed by atoms with Gasteiger partial charge in [0.05, 0.1) is 11.3 Å². The van der Waals surface area contributed by atoms with E-state index in [1.54, 1.807) is 25.1 Å². The third kappa shape index (κ3) is 3.40. The Kier molecular flexibility index (Phi) is 4.29. The molecule has 0 amide bonds. The van der Waals surface area contributed by atoms with E-state index in [1.807, 2.05) is 0 Å². The number of sulfonamides is 1. The molecule has 1 heterocycles. The molecule has 0 spiro atoms. The van der Waals surface area contributed by atoms with Crippen LogP contribution in [-0.2, 0) is 10.0 Å². The van der Waals surface area contributed by atoms with Crippen molar-refractivity contribution in [2.45, 2.75) is 11.9 Å². The minimum atomic E-state index is -3.87.